The molecule has 1 aromatic carbocycles. The minimum atomic E-state index is -0.722. The molecule has 0 radical (unpaired) electrons. The van der Waals surface area contributed by atoms with E-state index in [1.54, 1.807) is 0 Å². The Morgan fingerprint density at radius 2 is 1.76 bits per heavy atom. The molecule has 1 saturated carbocycles. The Balaban J connectivity index is 1.74. The van der Waals surface area contributed by atoms with Gasteiger partial charge in [0.05, 0.1) is 39.2 Å². The second-order valence-electron chi connectivity index (χ2n) is 10.8. The summed E-state index contributed by atoms with van der Waals surface area (Å²) in [6.07, 6.45) is 16.6. The highest BCUT2D eigenvalue weighted by Crippen LogP contribution is 2.34. The number of benzene rings is 1. The van der Waals surface area contributed by atoms with Crippen LogP contribution in [-0.2, 0) is 4.74 Å². The van der Waals surface area contributed by atoms with Crippen molar-refractivity contribution in [1.29, 1.82) is 0 Å². The molecule has 9 heteroatoms. The number of hydrogen-bond donors (Lipinski definition) is 1. The van der Waals surface area contributed by atoms with Crippen molar-refractivity contribution in [2.45, 2.75) is 103 Å². The first-order valence-corrected chi connectivity index (χ1v) is 13.3. The fraction of sp³-hybridized carbons (Fsp3) is 0.607. The van der Waals surface area contributed by atoms with Gasteiger partial charge >= 0.3 is 0 Å². The van der Waals surface area contributed by atoms with Crippen molar-refractivity contribution in [2.24, 2.45) is 5.92 Å². The van der Waals surface area contributed by atoms with E-state index < -0.39 is 27.1 Å². The Hall–Kier alpha value is -3.07. The van der Waals surface area contributed by atoms with Crippen molar-refractivity contribution in [2.75, 3.05) is 0 Å². The van der Waals surface area contributed by atoms with E-state index in [9.17, 15) is 25.0 Å². The average Bonchev–Trinajstić information content (AvgIpc) is 3.35. The largest absolute Gasteiger partial charge is 0.372 e. The molecule has 0 saturated heterocycles. The summed E-state index contributed by atoms with van der Waals surface area (Å²) in [7, 11) is 0. The van der Waals surface area contributed by atoms with Crippen LogP contribution in [0.2, 0.25) is 0 Å². The molecule has 1 N–H and O–H groups in total. The fourth-order valence-electron chi connectivity index (χ4n) is 5.53. The quantitative estimate of drug-likeness (QED) is 0.186. The summed E-state index contributed by atoms with van der Waals surface area (Å²) in [6.45, 7) is 6.25. The number of allylic oxidation sites excluding steroid dienone is 3. The van der Waals surface area contributed by atoms with Gasteiger partial charge in [0.2, 0.25) is 0 Å². The van der Waals surface area contributed by atoms with Gasteiger partial charge < -0.3 is 10.1 Å². The van der Waals surface area contributed by atoms with Gasteiger partial charge in [0.25, 0.3) is 17.3 Å². The monoisotopic (exact) mass is 513 g/mol. The van der Waals surface area contributed by atoms with Gasteiger partial charge in [-0.2, -0.15) is 0 Å². The van der Waals surface area contributed by atoms with Gasteiger partial charge in [0.1, 0.15) is 0 Å². The van der Waals surface area contributed by atoms with Crippen LogP contribution in [0.1, 0.15) is 95.3 Å². The van der Waals surface area contributed by atoms with Gasteiger partial charge in [0, 0.05) is 12.1 Å². The summed E-state index contributed by atoms with van der Waals surface area (Å²) in [4.78, 5) is 34.4. The number of amides is 1. The number of carbonyl (C=O) groups excluding carboxylic acids is 1. The average molecular weight is 514 g/mol. The number of ether oxygens (including phenoxy) is 1. The van der Waals surface area contributed by atoms with Crippen LogP contribution in [0.25, 0.3) is 0 Å². The molecule has 9 nitrogen and oxygen atoms in total. The second kappa shape index (κ2) is 12.9. The Bertz CT molecular complexity index is 1010. The molecule has 0 heterocycles. The number of non-ortho nitro benzene ring substituents is 2. The molecule has 0 bridgehead atoms. The zero-order chi connectivity index (χ0) is 27.0. The van der Waals surface area contributed by atoms with Crippen molar-refractivity contribution >= 4 is 17.3 Å². The summed E-state index contributed by atoms with van der Waals surface area (Å²) < 4.78 is 6.37. The Morgan fingerprint density at radius 1 is 1.11 bits per heavy atom. The van der Waals surface area contributed by atoms with Crippen LogP contribution in [0.5, 0.6) is 0 Å². The van der Waals surface area contributed by atoms with E-state index in [4.69, 9.17) is 4.74 Å². The van der Waals surface area contributed by atoms with Crippen molar-refractivity contribution in [3.05, 3.63) is 67.8 Å². The molecule has 1 aromatic rings. The standard InChI is InChI=1S/C28H39N3O6/c1-4-5-10-20-11-8-12-21(13-9-16-28(2,3)37-25-14-6-7-15-25)26(20)29-27(32)22-17-23(30(33)34)19-24(18-22)31(35)36/h4-5,11,17-19,21,25-26H,6-10,12-16H2,1-3H3,(H,29,32)/b5-4+. The second-order valence-corrected chi connectivity index (χ2v) is 10.8. The lowest BCUT2D eigenvalue weighted by Gasteiger charge is -2.35. The summed E-state index contributed by atoms with van der Waals surface area (Å²) in [5, 5.41) is 25.7. The molecule has 37 heavy (non-hydrogen) atoms. The number of rotatable bonds is 12. The number of nitro benzene ring substituents is 2. The fourth-order valence-corrected chi connectivity index (χ4v) is 5.53. The highest BCUT2D eigenvalue weighted by Gasteiger charge is 2.31. The van der Waals surface area contributed by atoms with Crippen molar-refractivity contribution in [1.82, 2.24) is 5.32 Å². The smallest absolute Gasteiger partial charge is 0.277 e. The molecule has 2 atom stereocenters. The molecule has 0 aromatic heterocycles. The number of nitro groups is 2. The number of hydrogen-bond acceptors (Lipinski definition) is 6. The third-order valence-corrected chi connectivity index (χ3v) is 7.42. The third-order valence-electron chi connectivity index (χ3n) is 7.42. The molecule has 1 fully saturated rings. The van der Waals surface area contributed by atoms with Crippen LogP contribution in [0.15, 0.2) is 42.0 Å². The summed E-state index contributed by atoms with van der Waals surface area (Å²) in [6, 6.07) is 2.82. The van der Waals surface area contributed by atoms with Crippen LogP contribution in [-0.4, -0.2) is 33.5 Å². The van der Waals surface area contributed by atoms with Crippen LogP contribution < -0.4 is 5.32 Å². The van der Waals surface area contributed by atoms with E-state index in [2.05, 4.69) is 25.2 Å². The molecule has 2 aliphatic rings. The Morgan fingerprint density at radius 3 is 2.35 bits per heavy atom. The minimum Gasteiger partial charge on any atom is -0.372 e. The van der Waals surface area contributed by atoms with Crippen molar-refractivity contribution in [3.8, 4) is 0 Å². The highest BCUT2D eigenvalue weighted by molar-refractivity contribution is 5.96. The Kier molecular flexibility index (Phi) is 9.97. The van der Waals surface area contributed by atoms with Crippen LogP contribution in [0, 0.1) is 26.1 Å². The van der Waals surface area contributed by atoms with Crippen LogP contribution in [0.4, 0.5) is 11.4 Å². The topological polar surface area (TPSA) is 125 Å². The van der Waals surface area contributed by atoms with Gasteiger partial charge in [-0.1, -0.05) is 37.5 Å². The molecular weight excluding hydrogens is 474 g/mol. The number of carbonyl (C=O) groups is 1. The van der Waals surface area contributed by atoms with Gasteiger partial charge in [-0.05, 0) is 77.2 Å². The molecule has 2 unspecified atom stereocenters. The van der Waals surface area contributed by atoms with E-state index in [-0.39, 0.29) is 23.1 Å². The lowest BCUT2D eigenvalue weighted by atomic mass is 9.79. The first kappa shape index (κ1) is 28.5. The zero-order valence-electron chi connectivity index (χ0n) is 22.1. The Labute approximate surface area is 218 Å². The first-order valence-electron chi connectivity index (χ1n) is 13.3. The number of nitrogens with one attached hydrogen (secondary N) is 1. The lowest BCUT2D eigenvalue weighted by Crippen LogP contribution is -2.43. The normalized spacial score (nSPS) is 20.7. The zero-order valence-corrected chi connectivity index (χ0v) is 22.1. The predicted molar refractivity (Wildman–Crippen MR) is 143 cm³/mol. The summed E-state index contributed by atoms with van der Waals surface area (Å²) in [5.41, 5.74) is -0.137. The van der Waals surface area contributed by atoms with Gasteiger partial charge in [-0.25, -0.2) is 0 Å². The van der Waals surface area contributed by atoms with E-state index in [0.29, 0.717) is 12.5 Å². The minimum absolute atomic E-state index is 0.0818. The maximum atomic E-state index is 13.2. The predicted octanol–water partition coefficient (Wildman–Crippen LogP) is 6.81. The van der Waals surface area contributed by atoms with E-state index in [1.807, 2.05) is 19.1 Å². The molecule has 0 aliphatic heterocycles. The molecule has 3 rings (SSSR count). The summed E-state index contributed by atoms with van der Waals surface area (Å²) >= 11 is 0. The number of nitrogens with zero attached hydrogens (tertiary/aromatic N) is 2. The van der Waals surface area contributed by atoms with E-state index in [0.717, 1.165) is 68.7 Å². The van der Waals surface area contributed by atoms with Gasteiger partial charge in [-0.15, -0.1) is 0 Å². The maximum Gasteiger partial charge on any atom is 0.277 e. The SMILES string of the molecule is C/C=C/CC1=CCCC(CCCC(C)(C)OC2CCCC2)C1NC(=O)c1cc([N+](=O)[O-])cc([N+](=O)[O-])c1. The lowest BCUT2D eigenvalue weighted by molar-refractivity contribution is -0.394. The molecule has 1 amide bonds. The first-order chi connectivity index (χ1) is 17.6. The van der Waals surface area contributed by atoms with E-state index >= 15 is 0 Å². The van der Waals surface area contributed by atoms with Crippen LogP contribution in [0.3, 0.4) is 0 Å². The van der Waals surface area contributed by atoms with Gasteiger partial charge in [-0.3, -0.25) is 25.0 Å². The molecule has 0 spiro atoms. The molecule has 2 aliphatic carbocycles. The van der Waals surface area contributed by atoms with Crippen molar-refractivity contribution < 1.29 is 19.4 Å². The highest BCUT2D eigenvalue weighted by atomic mass is 16.6. The summed E-state index contributed by atoms with van der Waals surface area (Å²) in [5.74, 6) is -0.342. The third kappa shape index (κ3) is 8.21. The molecule has 202 valence electrons. The van der Waals surface area contributed by atoms with Crippen molar-refractivity contribution in [3.63, 3.8) is 0 Å². The van der Waals surface area contributed by atoms with E-state index in [1.165, 1.54) is 12.8 Å². The molecular formula is C28H39N3O6. The van der Waals surface area contributed by atoms with Gasteiger partial charge in [0.15, 0.2) is 0 Å². The maximum absolute atomic E-state index is 13.2. The van der Waals surface area contributed by atoms with Crippen LogP contribution >= 0.6 is 0 Å².